The van der Waals surface area contributed by atoms with E-state index in [9.17, 15) is 14.9 Å². The summed E-state index contributed by atoms with van der Waals surface area (Å²) < 4.78 is 5.41. The van der Waals surface area contributed by atoms with E-state index in [0.29, 0.717) is 42.3 Å². The molecule has 0 atom stereocenters. The third-order valence-corrected chi connectivity index (χ3v) is 4.64. The maximum Gasteiger partial charge on any atom is 0.410 e. The van der Waals surface area contributed by atoms with Gasteiger partial charge in [-0.15, -0.1) is 0 Å². The molecule has 10 heteroatoms. The first-order valence-electron chi connectivity index (χ1n) is 9.13. The Kier molecular flexibility index (Phi) is 5.88. The number of halogens is 1. The Balaban J connectivity index is 1.67. The van der Waals surface area contributed by atoms with E-state index in [2.05, 4.69) is 14.9 Å². The first-order valence-corrected chi connectivity index (χ1v) is 9.51. The minimum atomic E-state index is -0.564. The van der Waals surface area contributed by atoms with Crippen molar-refractivity contribution in [3.05, 3.63) is 45.7 Å². The van der Waals surface area contributed by atoms with Crippen molar-refractivity contribution in [2.24, 2.45) is 0 Å². The summed E-state index contributed by atoms with van der Waals surface area (Å²) in [4.78, 5) is 34.5. The highest BCUT2D eigenvalue weighted by Gasteiger charge is 2.26. The molecule has 0 N–H and O–H groups in total. The monoisotopic (exact) mass is 419 g/mol. The Morgan fingerprint density at radius 3 is 2.41 bits per heavy atom. The van der Waals surface area contributed by atoms with Crippen molar-refractivity contribution in [3.63, 3.8) is 0 Å². The number of aromatic nitrogens is 2. The van der Waals surface area contributed by atoms with E-state index in [1.165, 1.54) is 12.3 Å². The summed E-state index contributed by atoms with van der Waals surface area (Å²) in [6.45, 7) is 7.88. The highest BCUT2D eigenvalue weighted by atomic mass is 35.5. The standard InChI is InChI=1S/C19H22ClN5O4/c1-19(2,3)29-18(26)24-8-6-23(7-9-24)16-5-4-13(11-21-16)14-10-17(25(27)28)22-12-15(14)20/h4-5,10-12H,6-9H2,1-3H3. The summed E-state index contributed by atoms with van der Waals surface area (Å²) in [5, 5.41) is 11.3. The van der Waals surface area contributed by atoms with Crippen LogP contribution in [-0.2, 0) is 4.74 Å². The normalized spacial score (nSPS) is 14.6. The van der Waals surface area contributed by atoms with Gasteiger partial charge < -0.3 is 24.7 Å². The van der Waals surface area contributed by atoms with Gasteiger partial charge in [0.2, 0.25) is 0 Å². The van der Waals surface area contributed by atoms with Crippen LogP contribution in [0.5, 0.6) is 0 Å². The number of nitrogens with zero attached hydrogens (tertiary/aromatic N) is 5. The van der Waals surface area contributed by atoms with Crippen LogP contribution < -0.4 is 4.90 Å². The van der Waals surface area contributed by atoms with E-state index < -0.39 is 10.5 Å². The second-order valence-corrected chi connectivity index (χ2v) is 8.05. The van der Waals surface area contributed by atoms with Crippen molar-refractivity contribution >= 4 is 29.3 Å². The molecule has 0 bridgehead atoms. The molecule has 2 aromatic heterocycles. The molecule has 0 spiro atoms. The third-order valence-electron chi connectivity index (χ3n) is 4.34. The van der Waals surface area contributed by atoms with Crippen LogP contribution in [0.3, 0.4) is 0 Å². The number of pyridine rings is 2. The van der Waals surface area contributed by atoms with Crippen molar-refractivity contribution in [3.8, 4) is 11.1 Å². The van der Waals surface area contributed by atoms with Gasteiger partial charge in [0.15, 0.2) is 6.20 Å². The summed E-state index contributed by atoms with van der Waals surface area (Å²) in [5.74, 6) is 0.490. The molecule has 0 radical (unpaired) electrons. The second kappa shape index (κ2) is 8.20. The molecule has 3 rings (SSSR count). The maximum absolute atomic E-state index is 12.2. The fourth-order valence-corrected chi connectivity index (χ4v) is 3.14. The molecule has 1 aliphatic heterocycles. The van der Waals surface area contributed by atoms with Crippen LogP contribution in [0, 0.1) is 10.1 Å². The molecule has 2 aromatic rings. The number of anilines is 1. The van der Waals surface area contributed by atoms with Gasteiger partial charge in [0.25, 0.3) is 0 Å². The average molecular weight is 420 g/mol. The van der Waals surface area contributed by atoms with Gasteiger partial charge in [0, 0.05) is 49.6 Å². The lowest BCUT2D eigenvalue weighted by atomic mass is 10.1. The minimum absolute atomic E-state index is 0.272. The van der Waals surface area contributed by atoms with Gasteiger partial charge in [0.1, 0.15) is 11.4 Å². The number of ether oxygens (including phenoxy) is 1. The Morgan fingerprint density at radius 1 is 1.17 bits per heavy atom. The second-order valence-electron chi connectivity index (χ2n) is 7.64. The van der Waals surface area contributed by atoms with E-state index in [0.717, 1.165) is 5.82 Å². The van der Waals surface area contributed by atoms with Crippen LogP contribution in [0.25, 0.3) is 11.1 Å². The highest BCUT2D eigenvalue weighted by Crippen LogP contribution is 2.30. The molecule has 1 aliphatic rings. The zero-order chi connectivity index (χ0) is 21.2. The van der Waals surface area contributed by atoms with Crippen LogP contribution in [0.2, 0.25) is 5.02 Å². The molecule has 1 amide bonds. The number of amides is 1. The number of nitro groups is 1. The molecule has 0 unspecified atom stereocenters. The summed E-state index contributed by atoms with van der Waals surface area (Å²) >= 11 is 6.14. The van der Waals surface area contributed by atoms with Gasteiger partial charge >= 0.3 is 11.9 Å². The zero-order valence-corrected chi connectivity index (χ0v) is 17.2. The van der Waals surface area contributed by atoms with E-state index in [1.807, 2.05) is 32.9 Å². The lowest BCUT2D eigenvalue weighted by Gasteiger charge is -2.36. The van der Waals surface area contributed by atoms with Gasteiger partial charge in [0.05, 0.1) is 5.02 Å². The lowest BCUT2D eigenvalue weighted by Crippen LogP contribution is -2.50. The van der Waals surface area contributed by atoms with Gasteiger partial charge in [-0.25, -0.2) is 9.78 Å². The molecule has 1 saturated heterocycles. The third kappa shape index (κ3) is 5.11. The van der Waals surface area contributed by atoms with E-state index >= 15 is 0 Å². The molecule has 9 nitrogen and oxygen atoms in total. The summed E-state index contributed by atoms with van der Waals surface area (Å²) in [5.41, 5.74) is 0.647. The Labute approximate surface area is 173 Å². The van der Waals surface area contributed by atoms with Crippen LogP contribution in [0.15, 0.2) is 30.6 Å². The van der Waals surface area contributed by atoms with Crippen molar-refractivity contribution in [2.75, 3.05) is 31.1 Å². The summed E-state index contributed by atoms with van der Waals surface area (Å²) in [6, 6.07) is 4.98. The van der Waals surface area contributed by atoms with Crippen molar-refractivity contribution in [2.45, 2.75) is 26.4 Å². The van der Waals surface area contributed by atoms with Gasteiger partial charge in [-0.2, -0.15) is 0 Å². The van der Waals surface area contributed by atoms with Gasteiger partial charge in [-0.1, -0.05) is 11.6 Å². The van der Waals surface area contributed by atoms with Gasteiger partial charge in [-0.3, -0.25) is 0 Å². The topological polar surface area (TPSA) is 102 Å². The first-order chi connectivity index (χ1) is 13.6. The molecule has 154 valence electrons. The van der Waals surface area contributed by atoms with Crippen LogP contribution in [0.4, 0.5) is 16.4 Å². The molecular weight excluding hydrogens is 398 g/mol. The largest absolute Gasteiger partial charge is 0.444 e. The average Bonchev–Trinajstić information content (AvgIpc) is 2.67. The first kappa shape index (κ1) is 20.8. The lowest BCUT2D eigenvalue weighted by molar-refractivity contribution is -0.389. The quantitative estimate of drug-likeness (QED) is 0.551. The van der Waals surface area contributed by atoms with Crippen LogP contribution in [0.1, 0.15) is 20.8 Å². The summed E-state index contributed by atoms with van der Waals surface area (Å²) in [6.07, 6.45) is 2.58. The molecule has 0 aliphatic carbocycles. The number of hydrogen-bond donors (Lipinski definition) is 0. The maximum atomic E-state index is 12.2. The fourth-order valence-electron chi connectivity index (χ4n) is 2.93. The number of piperazine rings is 1. The minimum Gasteiger partial charge on any atom is -0.444 e. The Morgan fingerprint density at radius 2 is 1.86 bits per heavy atom. The van der Waals surface area contributed by atoms with Crippen molar-refractivity contribution in [1.29, 1.82) is 0 Å². The predicted octanol–water partition coefficient (Wildman–Crippen LogP) is 3.76. The summed E-state index contributed by atoms with van der Waals surface area (Å²) in [7, 11) is 0. The Bertz CT molecular complexity index is 906. The number of rotatable bonds is 3. The van der Waals surface area contributed by atoms with E-state index in [4.69, 9.17) is 16.3 Å². The van der Waals surface area contributed by atoms with Gasteiger partial charge in [-0.05, 0) is 42.8 Å². The van der Waals surface area contributed by atoms with E-state index in [-0.39, 0.29) is 11.9 Å². The molecule has 3 heterocycles. The van der Waals surface area contributed by atoms with E-state index in [1.54, 1.807) is 11.1 Å². The van der Waals surface area contributed by atoms with Crippen molar-refractivity contribution in [1.82, 2.24) is 14.9 Å². The van der Waals surface area contributed by atoms with Crippen molar-refractivity contribution < 1.29 is 14.5 Å². The predicted molar refractivity (Wildman–Crippen MR) is 109 cm³/mol. The fraction of sp³-hybridized carbons (Fsp3) is 0.421. The van der Waals surface area contributed by atoms with Crippen LogP contribution in [-0.4, -0.2) is 57.7 Å². The number of carbonyl (C=O) groups is 1. The Hall–Kier alpha value is -2.94. The smallest absolute Gasteiger partial charge is 0.410 e. The molecule has 0 saturated carbocycles. The molecule has 29 heavy (non-hydrogen) atoms. The number of hydrogen-bond acceptors (Lipinski definition) is 7. The molecule has 0 aromatic carbocycles. The molecular formula is C19H22ClN5O4. The highest BCUT2D eigenvalue weighted by molar-refractivity contribution is 6.33. The number of carbonyl (C=O) groups excluding carboxylic acids is 1. The zero-order valence-electron chi connectivity index (χ0n) is 16.5. The SMILES string of the molecule is CC(C)(C)OC(=O)N1CCN(c2ccc(-c3cc([N+](=O)[O-])ncc3Cl)cn2)CC1. The molecule has 1 fully saturated rings. The van der Waals surface area contributed by atoms with Crippen LogP contribution >= 0.6 is 11.6 Å².